The molecular weight excluding hydrogens is 375 g/mol. The number of carbonyl (C=O) groups excluding carboxylic acids is 1. The van der Waals surface area contributed by atoms with Crippen LogP contribution in [0.1, 0.15) is 44.3 Å². The quantitative estimate of drug-likeness (QED) is 0.655. The number of amides is 1. The van der Waals surface area contributed by atoms with Crippen molar-refractivity contribution in [2.45, 2.75) is 51.5 Å². The predicted octanol–water partition coefficient (Wildman–Crippen LogP) is 3.95. The minimum Gasteiger partial charge on any atom is -0.467 e. The molecule has 7 nitrogen and oxygen atoms in total. The number of hydrogen-bond acceptors (Lipinski definition) is 6. The van der Waals surface area contributed by atoms with Gasteiger partial charge in [0.15, 0.2) is 6.61 Å². The van der Waals surface area contributed by atoms with Gasteiger partial charge in [0.05, 0.1) is 0 Å². The van der Waals surface area contributed by atoms with Gasteiger partial charge in [-0.05, 0) is 44.0 Å². The Kier molecular flexibility index (Phi) is 5.69. The second-order valence-corrected chi connectivity index (χ2v) is 7.34. The highest BCUT2D eigenvalue weighted by atomic mass is 19.1. The molecule has 2 heterocycles. The summed E-state index contributed by atoms with van der Waals surface area (Å²) in [6.45, 7) is 1.55. The first-order chi connectivity index (χ1) is 14.1. The number of carbonyl (C=O) groups is 1. The van der Waals surface area contributed by atoms with Crippen LogP contribution >= 0.6 is 0 Å². The minimum atomic E-state index is -0.347. The summed E-state index contributed by atoms with van der Waals surface area (Å²) in [4.78, 5) is 20.9. The van der Waals surface area contributed by atoms with Crippen LogP contribution in [-0.2, 0) is 4.79 Å². The number of rotatable bonds is 5. The number of fused-ring (bicyclic) bond motifs is 1. The molecule has 0 spiro atoms. The van der Waals surface area contributed by atoms with Gasteiger partial charge in [0.25, 0.3) is 11.6 Å². The average molecular weight is 398 g/mol. The summed E-state index contributed by atoms with van der Waals surface area (Å²) in [6, 6.07) is 6.06. The van der Waals surface area contributed by atoms with E-state index < -0.39 is 0 Å². The molecule has 1 aliphatic rings. The maximum Gasteiger partial charge on any atom is 0.265 e. The van der Waals surface area contributed by atoms with Crippen LogP contribution in [0.3, 0.4) is 0 Å². The molecule has 2 aromatic heterocycles. The van der Waals surface area contributed by atoms with E-state index in [1.54, 1.807) is 19.1 Å². The van der Waals surface area contributed by atoms with Crippen molar-refractivity contribution in [3.63, 3.8) is 0 Å². The Morgan fingerprint density at radius 2 is 1.90 bits per heavy atom. The summed E-state index contributed by atoms with van der Waals surface area (Å²) in [5.74, 6) is 0.143. The van der Waals surface area contributed by atoms with Crippen LogP contribution in [0.2, 0.25) is 0 Å². The molecule has 0 aliphatic heterocycles. The topological polar surface area (TPSA) is 90.1 Å². The first-order valence-electron chi connectivity index (χ1n) is 9.92. The third kappa shape index (κ3) is 4.52. The van der Waals surface area contributed by atoms with Crippen LogP contribution in [-0.4, -0.2) is 33.7 Å². The molecular formula is C21H23FN4O3. The number of nitrogens with one attached hydrogen (secondary N) is 1. The van der Waals surface area contributed by atoms with Crippen molar-refractivity contribution in [3.8, 4) is 17.1 Å². The van der Waals surface area contributed by atoms with Crippen molar-refractivity contribution in [1.82, 2.24) is 20.4 Å². The second kappa shape index (κ2) is 8.55. The standard InChI is InChI=1S/C21H23FN4O3/c1-13-23-20(28-12-17(27)25-16-6-4-2-3-5-7-16)18-19(26-29-21(18)24-13)14-8-10-15(22)11-9-14/h8-11,16H,2-7,12H2,1H3,(H,25,27). The molecule has 1 aromatic carbocycles. The van der Waals surface area contributed by atoms with Crippen LogP contribution in [0.25, 0.3) is 22.4 Å². The molecule has 8 heteroatoms. The number of hydrogen-bond donors (Lipinski definition) is 1. The molecule has 0 unspecified atom stereocenters. The van der Waals surface area contributed by atoms with Gasteiger partial charge in [0.1, 0.15) is 22.7 Å². The van der Waals surface area contributed by atoms with E-state index >= 15 is 0 Å². The molecule has 1 fully saturated rings. The molecule has 29 heavy (non-hydrogen) atoms. The first kappa shape index (κ1) is 19.3. The summed E-state index contributed by atoms with van der Waals surface area (Å²) in [7, 11) is 0. The lowest BCUT2D eigenvalue weighted by molar-refractivity contribution is -0.123. The Labute approximate surface area is 167 Å². The number of benzene rings is 1. The predicted molar refractivity (Wildman–Crippen MR) is 105 cm³/mol. The van der Waals surface area contributed by atoms with Crippen molar-refractivity contribution >= 4 is 17.0 Å². The fourth-order valence-corrected chi connectivity index (χ4v) is 3.66. The third-order valence-corrected chi connectivity index (χ3v) is 5.09. The summed E-state index contributed by atoms with van der Waals surface area (Å²) in [5, 5.41) is 7.56. The normalized spacial score (nSPS) is 15.2. The molecule has 0 radical (unpaired) electrons. The Hall–Kier alpha value is -3.03. The van der Waals surface area contributed by atoms with Crippen molar-refractivity contribution in [3.05, 3.63) is 35.9 Å². The molecule has 1 N–H and O–H groups in total. The Balaban J connectivity index is 1.54. The third-order valence-electron chi connectivity index (χ3n) is 5.09. The summed E-state index contributed by atoms with van der Waals surface area (Å²) in [6.07, 6.45) is 6.73. The van der Waals surface area contributed by atoms with Gasteiger partial charge >= 0.3 is 0 Å². The van der Waals surface area contributed by atoms with Gasteiger partial charge in [-0.15, -0.1) is 0 Å². The highest BCUT2D eigenvalue weighted by Crippen LogP contribution is 2.33. The first-order valence-corrected chi connectivity index (χ1v) is 9.92. The van der Waals surface area contributed by atoms with E-state index in [0.29, 0.717) is 22.5 Å². The largest absolute Gasteiger partial charge is 0.467 e. The van der Waals surface area contributed by atoms with Crippen molar-refractivity contribution in [2.75, 3.05) is 6.61 Å². The molecule has 0 atom stereocenters. The van der Waals surface area contributed by atoms with E-state index in [1.165, 1.54) is 25.0 Å². The molecule has 1 saturated carbocycles. The lowest BCUT2D eigenvalue weighted by Gasteiger charge is -2.16. The monoisotopic (exact) mass is 398 g/mol. The van der Waals surface area contributed by atoms with Crippen molar-refractivity contribution < 1.29 is 18.4 Å². The summed E-state index contributed by atoms with van der Waals surface area (Å²) in [5.41, 5.74) is 1.35. The molecule has 152 valence electrons. The number of nitrogens with zero attached hydrogens (tertiary/aromatic N) is 3. The van der Waals surface area contributed by atoms with Gasteiger partial charge in [-0.25, -0.2) is 4.39 Å². The lowest BCUT2D eigenvalue weighted by Crippen LogP contribution is -2.37. The fourth-order valence-electron chi connectivity index (χ4n) is 3.66. The van der Waals surface area contributed by atoms with Crippen molar-refractivity contribution in [2.24, 2.45) is 0 Å². The summed E-state index contributed by atoms with van der Waals surface area (Å²) >= 11 is 0. The Morgan fingerprint density at radius 1 is 1.17 bits per heavy atom. The molecule has 0 bridgehead atoms. The zero-order valence-electron chi connectivity index (χ0n) is 16.3. The van der Waals surface area contributed by atoms with Crippen LogP contribution in [0.15, 0.2) is 28.8 Å². The molecule has 3 aromatic rings. The number of aryl methyl sites for hydroxylation is 1. The zero-order chi connectivity index (χ0) is 20.2. The van der Waals surface area contributed by atoms with Crippen molar-refractivity contribution in [1.29, 1.82) is 0 Å². The van der Waals surface area contributed by atoms with Gasteiger partial charge in [0.2, 0.25) is 5.88 Å². The highest BCUT2D eigenvalue weighted by Gasteiger charge is 2.21. The molecule has 1 amide bonds. The van der Waals surface area contributed by atoms with Gasteiger partial charge < -0.3 is 14.6 Å². The number of aromatic nitrogens is 3. The fraction of sp³-hybridized carbons (Fsp3) is 0.429. The minimum absolute atomic E-state index is 0.157. The second-order valence-electron chi connectivity index (χ2n) is 7.34. The smallest absolute Gasteiger partial charge is 0.265 e. The summed E-state index contributed by atoms with van der Waals surface area (Å²) < 4.78 is 24.3. The molecule has 4 rings (SSSR count). The number of halogens is 1. The maximum atomic E-state index is 13.3. The van der Waals surface area contributed by atoms with E-state index in [9.17, 15) is 9.18 Å². The van der Waals surface area contributed by atoms with E-state index in [0.717, 1.165) is 25.7 Å². The van der Waals surface area contributed by atoms with E-state index in [-0.39, 0.29) is 36.0 Å². The van der Waals surface area contributed by atoms with Gasteiger partial charge in [-0.2, -0.15) is 9.97 Å². The SMILES string of the molecule is Cc1nc(OCC(=O)NC2CCCCCC2)c2c(-c3ccc(F)cc3)noc2n1. The van der Waals surface area contributed by atoms with Crippen LogP contribution < -0.4 is 10.1 Å². The molecule has 0 saturated heterocycles. The average Bonchev–Trinajstić information content (AvgIpc) is 2.95. The van der Waals surface area contributed by atoms with Gasteiger partial charge in [-0.1, -0.05) is 30.8 Å². The van der Waals surface area contributed by atoms with Gasteiger partial charge in [-0.3, -0.25) is 4.79 Å². The number of ether oxygens (including phenoxy) is 1. The van der Waals surface area contributed by atoms with E-state index in [2.05, 4.69) is 20.4 Å². The van der Waals surface area contributed by atoms with E-state index in [1.807, 2.05) is 0 Å². The Bertz CT molecular complexity index is 995. The van der Waals surface area contributed by atoms with Crippen LogP contribution in [0.4, 0.5) is 4.39 Å². The van der Waals surface area contributed by atoms with Gasteiger partial charge in [0, 0.05) is 11.6 Å². The molecule has 1 aliphatic carbocycles. The van der Waals surface area contributed by atoms with Crippen LogP contribution in [0.5, 0.6) is 5.88 Å². The highest BCUT2D eigenvalue weighted by molar-refractivity contribution is 5.93. The Morgan fingerprint density at radius 3 is 2.62 bits per heavy atom. The van der Waals surface area contributed by atoms with Crippen LogP contribution in [0, 0.1) is 12.7 Å². The zero-order valence-corrected chi connectivity index (χ0v) is 16.3. The van der Waals surface area contributed by atoms with E-state index in [4.69, 9.17) is 9.26 Å². The lowest BCUT2D eigenvalue weighted by atomic mass is 10.1. The maximum absolute atomic E-state index is 13.3.